The Labute approximate surface area is 156 Å². The van der Waals surface area contributed by atoms with Gasteiger partial charge in [-0.15, -0.1) is 0 Å². The third-order valence-corrected chi connectivity index (χ3v) is 7.16. The molecule has 3 heterocycles. The second-order valence-corrected chi connectivity index (χ2v) is 8.72. The van der Waals surface area contributed by atoms with Gasteiger partial charge in [-0.05, 0) is 36.4 Å². The quantitative estimate of drug-likeness (QED) is 0.641. The number of hydrogen-bond acceptors (Lipinski definition) is 7. The second kappa shape index (κ2) is 6.99. The summed E-state index contributed by atoms with van der Waals surface area (Å²) >= 11 is 1.03. The molecule has 0 atom stereocenters. The van der Waals surface area contributed by atoms with Gasteiger partial charge in [0.25, 0.3) is 0 Å². The Balaban J connectivity index is 1.49. The van der Waals surface area contributed by atoms with Crippen molar-refractivity contribution in [1.82, 2.24) is 22.9 Å². The number of aromatic nitrogens is 3. The highest BCUT2D eigenvalue weighted by Crippen LogP contribution is 2.29. The monoisotopic (exact) mass is 389 g/mol. The minimum absolute atomic E-state index is 0.218. The number of benzene rings is 1. The van der Waals surface area contributed by atoms with E-state index >= 15 is 0 Å². The first-order valence-corrected chi connectivity index (χ1v) is 10.6. The van der Waals surface area contributed by atoms with Crippen molar-refractivity contribution in [1.29, 1.82) is 0 Å². The maximum atomic E-state index is 13.0. The minimum Gasteiger partial charge on any atom is -0.294 e. The van der Waals surface area contributed by atoms with Crippen molar-refractivity contribution in [2.45, 2.75) is 24.4 Å². The Kier molecular flexibility index (Phi) is 4.70. The zero-order valence-electron chi connectivity index (χ0n) is 14.3. The summed E-state index contributed by atoms with van der Waals surface area (Å²) in [5.74, 6) is 0. The van der Waals surface area contributed by atoms with Crippen LogP contribution in [0.25, 0.3) is 11.0 Å². The highest BCUT2D eigenvalue weighted by Gasteiger charge is 2.40. The van der Waals surface area contributed by atoms with Gasteiger partial charge in [0.15, 0.2) is 0 Å². The minimum atomic E-state index is -3.55. The summed E-state index contributed by atoms with van der Waals surface area (Å²) < 4.78 is 35.8. The summed E-state index contributed by atoms with van der Waals surface area (Å²) in [5.41, 5.74) is 2.27. The highest BCUT2D eigenvalue weighted by molar-refractivity contribution is 7.89. The van der Waals surface area contributed by atoms with Crippen LogP contribution in [0.15, 0.2) is 47.6 Å². The van der Waals surface area contributed by atoms with Crippen molar-refractivity contribution in [2.24, 2.45) is 0 Å². The molecule has 1 aromatic carbocycles. The van der Waals surface area contributed by atoms with E-state index in [-0.39, 0.29) is 10.9 Å². The van der Waals surface area contributed by atoms with Crippen molar-refractivity contribution in [3.8, 4) is 0 Å². The molecular weight excluding hydrogens is 370 g/mol. The van der Waals surface area contributed by atoms with Gasteiger partial charge in [0.1, 0.15) is 15.9 Å². The fourth-order valence-electron chi connectivity index (χ4n) is 3.19. The van der Waals surface area contributed by atoms with Crippen LogP contribution >= 0.6 is 11.7 Å². The standard InChI is InChI=1S/C17H19N5O2S2/c1-2-21(10-13-6-8-18-9-7-13)14-11-22(12-14)26(23,24)16-5-3-4-15-17(16)20-25-19-15/h3-9,14H,2,10-12H2,1H3. The largest absolute Gasteiger partial charge is 0.294 e. The Morgan fingerprint density at radius 3 is 2.69 bits per heavy atom. The van der Waals surface area contributed by atoms with Gasteiger partial charge in [-0.1, -0.05) is 13.0 Å². The van der Waals surface area contributed by atoms with Gasteiger partial charge in [0.2, 0.25) is 10.0 Å². The maximum Gasteiger partial charge on any atom is 0.245 e. The lowest BCUT2D eigenvalue weighted by Gasteiger charge is -2.44. The molecule has 0 saturated carbocycles. The molecule has 26 heavy (non-hydrogen) atoms. The number of likely N-dealkylation sites (N-methyl/N-ethyl adjacent to an activating group) is 1. The zero-order valence-corrected chi connectivity index (χ0v) is 15.9. The molecule has 1 aliphatic rings. The van der Waals surface area contributed by atoms with E-state index in [9.17, 15) is 8.42 Å². The van der Waals surface area contributed by atoms with Gasteiger partial charge >= 0.3 is 0 Å². The molecule has 0 amide bonds. The first-order chi connectivity index (χ1) is 12.6. The molecular formula is C17H19N5O2S2. The molecule has 1 aliphatic heterocycles. The van der Waals surface area contributed by atoms with Crippen LogP contribution in [0.3, 0.4) is 0 Å². The summed E-state index contributed by atoms with van der Waals surface area (Å²) in [7, 11) is -3.55. The third-order valence-electron chi connectivity index (χ3n) is 4.75. The van der Waals surface area contributed by atoms with Crippen molar-refractivity contribution >= 4 is 32.8 Å². The van der Waals surface area contributed by atoms with Crippen molar-refractivity contribution in [3.63, 3.8) is 0 Å². The summed E-state index contributed by atoms with van der Waals surface area (Å²) in [5, 5.41) is 0. The van der Waals surface area contributed by atoms with Crippen LogP contribution in [0.4, 0.5) is 0 Å². The molecule has 3 aromatic rings. The molecule has 4 rings (SSSR count). The van der Waals surface area contributed by atoms with E-state index in [1.807, 2.05) is 12.1 Å². The number of sulfonamides is 1. The molecule has 0 aliphatic carbocycles. The van der Waals surface area contributed by atoms with E-state index in [2.05, 4.69) is 25.6 Å². The number of hydrogen-bond donors (Lipinski definition) is 0. The number of rotatable bonds is 6. The summed E-state index contributed by atoms with van der Waals surface area (Å²) in [6, 6.07) is 9.31. The van der Waals surface area contributed by atoms with E-state index < -0.39 is 10.0 Å². The molecule has 9 heteroatoms. The molecule has 0 bridgehead atoms. The van der Waals surface area contributed by atoms with Crippen LogP contribution in [-0.2, 0) is 16.6 Å². The molecule has 0 unspecified atom stereocenters. The van der Waals surface area contributed by atoms with Crippen LogP contribution in [0.5, 0.6) is 0 Å². The average molecular weight is 390 g/mol. The summed E-state index contributed by atoms with van der Waals surface area (Å²) in [6.07, 6.45) is 3.56. The molecule has 0 N–H and O–H groups in total. The molecule has 0 radical (unpaired) electrons. The molecule has 2 aromatic heterocycles. The lowest BCUT2D eigenvalue weighted by Crippen LogP contribution is -2.60. The molecule has 7 nitrogen and oxygen atoms in total. The molecule has 1 fully saturated rings. The number of pyridine rings is 1. The predicted molar refractivity (Wildman–Crippen MR) is 100 cm³/mol. The highest BCUT2D eigenvalue weighted by atomic mass is 32.2. The maximum absolute atomic E-state index is 13.0. The van der Waals surface area contributed by atoms with E-state index in [0.29, 0.717) is 24.1 Å². The van der Waals surface area contributed by atoms with Gasteiger partial charge in [-0.25, -0.2) is 8.42 Å². The van der Waals surface area contributed by atoms with E-state index in [4.69, 9.17) is 0 Å². The van der Waals surface area contributed by atoms with Crippen molar-refractivity contribution in [3.05, 3.63) is 48.3 Å². The van der Waals surface area contributed by atoms with E-state index in [1.54, 1.807) is 30.6 Å². The zero-order chi connectivity index (χ0) is 18.1. The predicted octanol–water partition coefficient (Wildman–Crippen LogP) is 1.98. The fourth-order valence-corrected chi connectivity index (χ4v) is 5.46. The van der Waals surface area contributed by atoms with Crippen LogP contribution < -0.4 is 0 Å². The Morgan fingerprint density at radius 1 is 1.19 bits per heavy atom. The van der Waals surface area contributed by atoms with Crippen LogP contribution in [0.1, 0.15) is 12.5 Å². The average Bonchev–Trinajstić information content (AvgIpc) is 3.08. The van der Waals surface area contributed by atoms with Crippen molar-refractivity contribution in [2.75, 3.05) is 19.6 Å². The van der Waals surface area contributed by atoms with E-state index in [1.165, 1.54) is 9.87 Å². The Bertz CT molecular complexity index is 1000. The SMILES string of the molecule is CCN(Cc1ccncc1)C1CN(S(=O)(=O)c2cccc3nsnc23)C1. The topological polar surface area (TPSA) is 79.3 Å². The summed E-state index contributed by atoms with van der Waals surface area (Å²) in [6.45, 7) is 4.75. The number of fused-ring (bicyclic) bond motifs is 1. The first-order valence-electron chi connectivity index (χ1n) is 8.44. The fraction of sp³-hybridized carbons (Fsp3) is 0.353. The van der Waals surface area contributed by atoms with Gasteiger partial charge in [0, 0.05) is 38.1 Å². The van der Waals surface area contributed by atoms with Crippen molar-refractivity contribution < 1.29 is 8.42 Å². The molecule has 0 spiro atoms. The molecule has 1 saturated heterocycles. The second-order valence-electron chi connectivity index (χ2n) is 6.28. The smallest absolute Gasteiger partial charge is 0.245 e. The summed E-state index contributed by atoms with van der Waals surface area (Å²) in [4.78, 5) is 6.59. The van der Waals surface area contributed by atoms with Gasteiger partial charge in [-0.2, -0.15) is 13.1 Å². The van der Waals surface area contributed by atoms with Crippen LogP contribution in [0, 0.1) is 0 Å². The normalized spacial score (nSPS) is 16.2. The Morgan fingerprint density at radius 2 is 1.96 bits per heavy atom. The lowest BCUT2D eigenvalue weighted by atomic mass is 10.1. The van der Waals surface area contributed by atoms with Gasteiger partial charge < -0.3 is 0 Å². The van der Waals surface area contributed by atoms with Crippen LogP contribution in [0.2, 0.25) is 0 Å². The Hall–Kier alpha value is -1.94. The van der Waals surface area contributed by atoms with Gasteiger partial charge in [0.05, 0.1) is 11.7 Å². The van der Waals surface area contributed by atoms with Crippen LogP contribution in [-0.4, -0.2) is 57.0 Å². The lowest BCUT2D eigenvalue weighted by molar-refractivity contribution is 0.0863. The van der Waals surface area contributed by atoms with E-state index in [0.717, 1.165) is 24.8 Å². The third kappa shape index (κ3) is 3.11. The van der Waals surface area contributed by atoms with Gasteiger partial charge in [-0.3, -0.25) is 9.88 Å². The number of nitrogens with zero attached hydrogens (tertiary/aromatic N) is 5. The first kappa shape index (κ1) is 17.5. The molecule has 136 valence electrons.